The third-order valence-electron chi connectivity index (χ3n) is 3.88. The summed E-state index contributed by atoms with van der Waals surface area (Å²) in [6.45, 7) is 4.41. The van der Waals surface area contributed by atoms with Crippen molar-refractivity contribution in [1.82, 2.24) is 15.3 Å². The molecule has 1 aromatic heterocycles. The molecule has 1 aromatic carbocycles. The first-order chi connectivity index (χ1) is 10.2. The molecule has 0 aliphatic carbocycles. The van der Waals surface area contributed by atoms with Crippen molar-refractivity contribution in [2.75, 3.05) is 11.4 Å². The van der Waals surface area contributed by atoms with Crippen molar-refractivity contribution in [2.45, 2.75) is 32.9 Å². The standard InChI is InChI=1S/C16H20N4O/c1-12-15(19-11-18-12)10-17-9-13-4-6-14(7-5-13)20-8-2-3-16(20)21/h4-7,11,17H,2-3,8-10H2,1H3,(H,18,19). The lowest BCUT2D eigenvalue weighted by molar-refractivity contribution is -0.117. The van der Waals surface area contributed by atoms with Crippen LogP contribution in [-0.4, -0.2) is 22.4 Å². The molecule has 0 spiro atoms. The van der Waals surface area contributed by atoms with E-state index in [4.69, 9.17) is 0 Å². The minimum Gasteiger partial charge on any atom is -0.348 e. The molecule has 0 atom stereocenters. The van der Waals surface area contributed by atoms with Crippen LogP contribution in [0.4, 0.5) is 5.69 Å². The average Bonchev–Trinajstić information content (AvgIpc) is 3.09. The predicted octanol–water partition coefficient (Wildman–Crippen LogP) is 2.13. The van der Waals surface area contributed by atoms with Crippen LogP contribution in [0.5, 0.6) is 0 Å². The molecule has 0 saturated carbocycles. The van der Waals surface area contributed by atoms with Crippen LogP contribution >= 0.6 is 0 Å². The molecule has 0 unspecified atom stereocenters. The zero-order chi connectivity index (χ0) is 14.7. The Morgan fingerprint density at radius 3 is 2.71 bits per heavy atom. The Morgan fingerprint density at radius 2 is 2.10 bits per heavy atom. The number of amides is 1. The molecule has 3 rings (SSSR count). The third-order valence-corrected chi connectivity index (χ3v) is 3.88. The highest BCUT2D eigenvalue weighted by Gasteiger charge is 2.21. The maximum atomic E-state index is 11.7. The van der Waals surface area contributed by atoms with E-state index in [0.717, 1.165) is 43.1 Å². The summed E-state index contributed by atoms with van der Waals surface area (Å²) in [6, 6.07) is 8.21. The summed E-state index contributed by atoms with van der Waals surface area (Å²) in [6.07, 6.45) is 3.35. The van der Waals surface area contributed by atoms with Gasteiger partial charge in [0.05, 0.1) is 12.0 Å². The summed E-state index contributed by atoms with van der Waals surface area (Å²) in [7, 11) is 0. The fraction of sp³-hybridized carbons (Fsp3) is 0.375. The van der Waals surface area contributed by atoms with Crippen LogP contribution < -0.4 is 10.2 Å². The molecule has 1 aliphatic rings. The Kier molecular flexibility index (Phi) is 4.01. The normalized spacial score (nSPS) is 14.9. The van der Waals surface area contributed by atoms with E-state index in [2.05, 4.69) is 27.4 Å². The molecule has 2 aromatic rings. The number of carbonyl (C=O) groups excluding carboxylic acids is 1. The van der Waals surface area contributed by atoms with E-state index in [9.17, 15) is 4.79 Å². The monoisotopic (exact) mass is 284 g/mol. The van der Waals surface area contributed by atoms with E-state index in [1.54, 1.807) is 6.33 Å². The number of benzene rings is 1. The zero-order valence-corrected chi connectivity index (χ0v) is 12.2. The van der Waals surface area contributed by atoms with E-state index in [1.165, 1.54) is 5.56 Å². The molecule has 1 saturated heterocycles. The van der Waals surface area contributed by atoms with Crippen LogP contribution in [-0.2, 0) is 17.9 Å². The SMILES string of the molecule is Cc1[nH]cnc1CNCc1ccc(N2CCCC2=O)cc1. The first-order valence-electron chi connectivity index (χ1n) is 7.33. The van der Waals surface area contributed by atoms with E-state index < -0.39 is 0 Å². The summed E-state index contributed by atoms with van der Waals surface area (Å²) in [5.41, 5.74) is 4.36. The van der Waals surface area contributed by atoms with E-state index >= 15 is 0 Å². The van der Waals surface area contributed by atoms with E-state index in [-0.39, 0.29) is 5.91 Å². The molecule has 0 bridgehead atoms. The van der Waals surface area contributed by atoms with Crippen molar-refractivity contribution in [3.05, 3.63) is 47.5 Å². The van der Waals surface area contributed by atoms with Gasteiger partial charge in [-0.25, -0.2) is 4.98 Å². The Bertz CT molecular complexity index is 617. The van der Waals surface area contributed by atoms with Gasteiger partial charge >= 0.3 is 0 Å². The maximum Gasteiger partial charge on any atom is 0.227 e. The van der Waals surface area contributed by atoms with Crippen LogP contribution in [0.25, 0.3) is 0 Å². The number of H-pyrrole nitrogens is 1. The molecule has 21 heavy (non-hydrogen) atoms. The van der Waals surface area contributed by atoms with Crippen molar-refractivity contribution in [3.63, 3.8) is 0 Å². The van der Waals surface area contributed by atoms with Crippen molar-refractivity contribution < 1.29 is 4.79 Å². The molecular formula is C16H20N4O. The smallest absolute Gasteiger partial charge is 0.227 e. The first kappa shape index (κ1) is 13.8. The molecule has 0 radical (unpaired) electrons. The van der Waals surface area contributed by atoms with Gasteiger partial charge in [-0.3, -0.25) is 4.79 Å². The summed E-state index contributed by atoms with van der Waals surface area (Å²) < 4.78 is 0. The molecule has 2 heterocycles. The number of nitrogens with zero attached hydrogens (tertiary/aromatic N) is 2. The molecule has 110 valence electrons. The third kappa shape index (κ3) is 3.13. The Labute approximate surface area is 124 Å². The van der Waals surface area contributed by atoms with Gasteiger partial charge in [-0.1, -0.05) is 12.1 Å². The topological polar surface area (TPSA) is 61.0 Å². The highest BCUT2D eigenvalue weighted by Crippen LogP contribution is 2.21. The number of carbonyl (C=O) groups is 1. The van der Waals surface area contributed by atoms with Crippen LogP contribution in [0, 0.1) is 6.92 Å². The molecule has 5 heteroatoms. The lowest BCUT2D eigenvalue weighted by Crippen LogP contribution is -2.23. The predicted molar refractivity (Wildman–Crippen MR) is 81.9 cm³/mol. The fourth-order valence-corrected chi connectivity index (χ4v) is 2.61. The van der Waals surface area contributed by atoms with Crippen molar-refractivity contribution in [2.24, 2.45) is 0 Å². The van der Waals surface area contributed by atoms with Crippen LogP contribution in [0.2, 0.25) is 0 Å². The second-order valence-corrected chi connectivity index (χ2v) is 5.39. The number of hydrogen-bond donors (Lipinski definition) is 2. The number of aromatic amines is 1. The van der Waals surface area contributed by atoms with Crippen molar-refractivity contribution in [3.8, 4) is 0 Å². The Balaban J connectivity index is 1.55. The molecule has 1 amide bonds. The molecule has 5 nitrogen and oxygen atoms in total. The van der Waals surface area contributed by atoms with Gasteiger partial charge in [-0.15, -0.1) is 0 Å². The van der Waals surface area contributed by atoms with Gasteiger partial charge in [0.1, 0.15) is 0 Å². The largest absolute Gasteiger partial charge is 0.348 e. The number of aromatic nitrogens is 2. The summed E-state index contributed by atoms with van der Waals surface area (Å²) in [4.78, 5) is 20.9. The van der Waals surface area contributed by atoms with Gasteiger partial charge in [-0.05, 0) is 31.0 Å². The van der Waals surface area contributed by atoms with Gasteiger partial charge in [0, 0.05) is 37.4 Å². The van der Waals surface area contributed by atoms with Gasteiger partial charge in [-0.2, -0.15) is 0 Å². The second kappa shape index (κ2) is 6.10. The molecule has 1 fully saturated rings. The van der Waals surface area contributed by atoms with E-state index in [1.807, 2.05) is 24.0 Å². The second-order valence-electron chi connectivity index (χ2n) is 5.39. The van der Waals surface area contributed by atoms with Gasteiger partial charge in [0.25, 0.3) is 0 Å². The number of aryl methyl sites for hydroxylation is 1. The van der Waals surface area contributed by atoms with Crippen LogP contribution in [0.1, 0.15) is 29.8 Å². The van der Waals surface area contributed by atoms with Crippen molar-refractivity contribution >= 4 is 11.6 Å². The number of imidazole rings is 1. The minimum atomic E-state index is 0.231. The molecule has 2 N–H and O–H groups in total. The fourth-order valence-electron chi connectivity index (χ4n) is 2.61. The molecular weight excluding hydrogens is 264 g/mol. The number of hydrogen-bond acceptors (Lipinski definition) is 3. The zero-order valence-electron chi connectivity index (χ0n) is 12.2. The first-order valence-corrected chi connectivity index (χ1v) is 7.33. The minimum absolute atomic E-state index is 0.231. The molecule has 1 aliphatic heterocycles. The van der Waals surface area contributed by atoms with Gasteiger partial charge < -0.3 is 15.2 Å². The van der Waals surface area contributed by atoms with Crippen LogP contribution in [0.15, 0.2) is 30.6 Å². The van der Waals surface area contributed by atoms with Gasteiger partial charge in [0.15, 0.2) is 0 Å². The summed E-state index contributed by atoms with van der Waals surface area (Å²) in [5.74, 6) is 0.231. The highest BCUT2D eigenvalue weighted by atomic mass is 16.2. The average molecular weight is 284 g/mol. The Hall–Kier alpha value is -2.14. The number of nitrogens with one attached hydrogen (secondary N) is 2. The Morgan fingerprint density at radius 1 is 1.29 bits per heavy atom. The summed E-state index contributed by atoms with van der Waals surface area (Å²) >= 11 is 0. The van der Waals surface area contributed by atoms with E-state index in [0.29, 0.717) is 6.42 Å². The van der Waals surface area contributed by atoms with Crippen molar-refractivity contribution in [1.29, 1.82) is 0 Å². The number of anilines is 1. The quantitative estimate of drug-likeness (QED) is 0.884. The maximum absolute atomic E-state index is 11.7. The summed E-state index contributed by atoms with van der Waals surface area (Å²) in [5, 5.41) is 3.38. The number of rotatable bonds is 5. The highest BCUT2D eigenvalue weighted by molar-refractivity contribution is 5.95. The van der Waals surface area contributed by atoms with Gasteiger partial charge in [0.2, 0.25) is 5.91 Å². The lowest BCUT2D eigenvalue weighted by atomic mass is 10.2. The lowest BCUT2D eigenvalue weighted by Gasteiger charge is -2.16. The van der Waals surface area contributed by atoms with Crippen LogP contribution in [0.3, 0.4) is 0 Å².